The van der Waals surface area contributed by atoms with E-state index in [1.807, 2.05) is 19.1 Å². The maximum atomic E-state index is 12.1. The number of benzene rings is 1. The summed E-state index contributed by atoms with van der Waals surface area (Å²) in [5, 5.41) is 12.5. The molecule has 0 radical (unpaired) electrons. The lowest BCUT2D eigenvalue weighted by molar-refractivity contribution is -0.138. The van der Waals surface area contributed by atoms with Gasteiger partial charge in [0.25, 0.3) is 5.91 Å². The van der Waals surface area contributed by atoms with Gasteiger partial charge >= 0.3 is 5.97 Å². The van der Waals surface area contributed by atoms with E-state index in [4.69, 9.17) is 11.6 Å². The summed E-state index contributed by atoms with van der Waals surface area (Å²) in [6.07, 6.45) is 1.62. The zero-order chi connectivity index (χ0) is 16.3. The number of aromatic nitrogens is 1. The van der Waals surface area contributed by atoms with E-state index in [-0.39, 0.29) is 12.5 Å². The summed E-state index contributed by atoms with van der Waals surface area (Å²) in [7, 11) is 1.70. The number of carbonyl (C=O) groups excluding carboxylic acids is 1. The van der Waals surface area contributed by atoms with Crippen molar-refractivity contribution < 1.29 is 14.7 Å². The number of nitrogens with zero attached hydrogens (tertiary/aromatic N) is 1. The maximum Gasteiger partial charge on any atom is 0.312 e. The van der Waals surface area contributed by atoms with Crippen molar-refractivity contribution in [1.29, 1.82) is 0 Å². The van der Waals surface area contributed by atoms with Gasteiger partial charge < -0.3 is 15.0 Å². The summed E-state index contributed by atoms with van der Waals surface area (Å²) in [5.41, 5.74) is 2.09. The number of rotatable bonds is 5. The van der Waals surface area contributed by atoms with Crippen LogP contribution in [0, 0.1) is 6.92 Å². The topological polar surface area (TPSA) is 71.3 Å². The Morgan fingerprint density at radius 3 is 2.45 bits per heavy atom. The Hall–Kier alpha value is -2.27. The SMILES string of the molecule is Cc1ccc(C(CNC(=O)c2cc(Cl)cn2C)C(=O)O)cc1. The van der Waals surface area contributed by atoms with Gasteiger partial charge in [-0.25, -0.2) is 0 Å². The molecule has 6 heteroatoms. The van der Waals surface area contributed by atoms with Crippen LogP contribution in [-0.2, 0) is 11.8 Å². The first-order valence-electron chi connectivity index (χ1n) is 6.78. The molecule has 1 heterocycles. The molecule has 1 aromatic heterocycles. The molecule has 22 heavy (non-hydrogen) atoms. The van der Waals surface area contributed by atoms with Crippen molar-refractivity contribution in [3.8, 4) is 0 Å². The van der Waals surface area contributed by atoms with E-state index in [0.29, 0.717) is 16.3 Å². The van der Waals surface area contributed by atoms with Crippen molar-refractivity contribution in [3.63, 3.8) is 0 Å². The summed E-state index contributed by atoms with van der Waals surface area (Å²) in [5.74, 6) is -2.12. The van der Waals surface area contributed by atoms with Crippen molar-refractivity contribution in [2.24, 2.45) is 7.05 Å². The molecule has 0 spiro atoms. The van der Waals surface area contributed by atoms with Gasteiger partial charge in [0.15, 0.2) is 0 Å². The average molecular weight is 321 g/mol. The number of halogens is 1. The highest BCUT2D eigenvalue weighted by molar-refractivity contribution is 6.31. The van der Waals surface area contributed by atoms with Crippen molar-refractivity contribution in [2.45, 2.75) is 12.8 Å². The van der Waals surface area contributed by atoms with E-state index in [1.54, 1.807) is 36.0 Å². The number of hydrogen-bond donors (Lipinski definition) is 2. The number of carbonyl (C=O) groups is 2. The molecular weight excluding hydrogens is 304 g/mol. The van der Waals surface area contributed by atoms with E-state index in [9.17, 15) is 14.7 Å². The molecule has 0 saturated carbocycles. The second-order valence-corrected chi connectivity index (χ2v) is 5.60. The normalized spacial score (nSPS) is 12.0. The Morgan fingerprint density at radius 2 is 1.95 bits per heavy atom. The fourth-order valence-electron chi connectivity index (χ4n) is 2.18. The van der Waals surface area contributed by atoms with Gasteiger partial charge in [0.1, 0.15) is 5.69 Å². The fourth-order valence-corrected chi connectivity index (χ4v) is 2.43. The largest absolute Gasteiger partial charge is 0.481 e. The average Bonchev–Trinajstić information content (AvgIpc) is 2.79. The smallest absolute Gasteiger partial charge is 0.312 e. The van der Waals surface area contributed by atoms with Gasteiger partial charge in [-0.1, -0.05) is 41.4 Å². The molecule has 2 rings (SSSR count). The minimum atomic E-state index is -0.978. The van der Waals surface area contributed by atoms with Gasteiger partial charge in [-0.3, -0.25) is 9.59 Å². The predicted octanol–water partition coefficient (Wildman–Crippen LogP) is 2.59. The van der Waals surface area contributed by atoms with Crippen LogP contribution < -0.4 is 5.32 Å². The molecule has 1 unspecified atom stereocenters. The van der Waals surface area contributed by atoms with Crippen molar-refractivity contribution in [1.82, 2.24) is 9.88 Å². The molecule has 5 nitrogen and oxygen atoms in total. The van der Waals surface area contributed by atoms with Gasteiger partial charge in [-0.2, -0.15) is 0 Å². The number of aryl methyl sites for hydroxylation is 2. The minimum Gasteiger partial charge on any atom is -0.481 e. The molecular formula is C16H17ClN2O3. The Bertz CT molecular complexity index is 692. The zero-order valence-electron chi connectivity index (χ0n) is 12.3. The molecule has 0 saturated heterocycles. The van der Waals surface area contributed by atoms with Crippen molar-refractivity contribution in [3.05, 3.63) is 58.4 Å². The number of carboxylic acids is 1. The standard InChI is InChI=1S/C16H17ClN2O3/c1-10-3-5-11(6-4-10)13(16(21)22)8-18-15(20)14-7-12(17)9-19(14)2/h3-7,9,13H,8H2,1-2H3,(H,18,20)(H,21,22). The van der Waals surface area contributed by atoms with E-state index in [1.165, 1.54) is 0 Å². The number of amides is 1. The molecule has 1 amide bonds. The molecule has 0 aliphatic carbocycles. The van der Waals surface area contributed by atoms with E-state index < -0.39 is 11.9 Å². The van der Waals surface area contributed by atoms with E-state index in [2.05, 4.69) is 5.32 Å². The molecule has 0 fully saturated rings. The molecule has 2 N–H and O–H groups in total. The maximum absolute atomic E-state index is 12.1. The molecule has 0 aliphatic heterocycles. The van der Waals surface area contributed by atoms with Gasteiger partial charge in [0.2, 0.25) is 0 Å². The van der Waals surface area contributed by atoms with Gasteiger partial charge in [0, 0.05) is 19.8 Å². The lowest BCUT2D eigenvalue weighted by Gasteiger charge is -2.14. The predicted molar refractivity (Wildman–Crippen MR) is 84.3 cm³/mol. The highest BCUT2D eigenvalue weighted by Gasteiger charge is 2.21. The van der Waals surface area contributed by atoms with Gasteiger partial charge in [0.05, 0.1) is 10.9 Å². The van der Waals surface area contributed by atoms with Crippen molar-refractivity contribution in [2.75, 3.05) is 6.54 Å². The third-order valence-corrected chi connectivity index (χ3v) is 3.66. The number of nitrogens with one attached hydrogen (secondary N) is 1. The summed E-state index contributed by atoms with van der Waals surface area (Å²) < 4.78 is 1.60. The molecule has 1 atom stereocenters. The summed E-state index contributed by atoms with van der Waals surface area (Å²) in [6, 6.07) is 8.77. The Kier molecular flexibility index (Phi) is 4.88. The van der Waals surface area contributed by atoms with E-state index >= 15 is 0 Å². The van der Waals surface area contributed by atoms with Crippen LogP contribution in [0.5, 0.6) is 0 Å². The molecule has 1 aromatic carbocycles. The minimum absolute atomic E-state index is 0.0139. The van der Waals surface area contributed by atoms with Crippen LogP contribution in [0.3, 0.4) is 0 Å². The van der Waals surface area contributed by atoms with E-state index in [0.717, 1.165) is 5.56 Å². The molecule has 116 valence electrons. The Morgan fingerprint density at radius 1 is 1.32 bits per heavy atom. The van der Waals surface area contributed by atoms with Gasteiger partial charge in [-0.15, -0.1) is 0 Å². The third kappa shape index (κ3) is 3.68. The van der Waals surface area contributed by atoms with Crippen LogP contribution in [-0.4, -0.2) is 28.1 Å². The Balaban J connectivity index is 2.09. The van der Waals surface area contributed by atoms with Crippen LogP contribution >= 0.6 is 11.6 Å². The zero-order valence-corrected chi connectivity index (χ0v) is 13.1. The van der Waals surface area contributed by atoms with Crippen LogP contribution in [0.4, 0.5) is 0 Å². The lowest BCUT2D eigenvalue weighted by atomic mass is 9.98. The second-order valence-electron chi connectivity index (χ2n) is 5.17. The van der Waals surface area contributed by atoms with Crippen molar-refractivity contribution >= 4 is 23.5 Å². The highest BCUT2D eigenvalue weighted by Crippen LogP contribution is 2.17. The molecule has 0 bridgehead atoms. The van der Waals surface area contributed by atoms with Crippen LogP contribution in [0.2, 0.25) is 5.02 Å². The first-order valence-corrected chi connectivity index (χ1v) is 7.15. The highest BCUT2D eigenvalue weighted by atomic mass is 35.5. The summed E-state index contributed by atoms with van der Waals surface area (Å²) in [4.78, 5) is 23.5. The fraction of sp³-hybridized carbons (Fsp3) is 0.250. The first-order chi connectivity index (χ1) is 10.4. The third-order valence-electron chi connectivity index (χ3n) is 3.45. The monoisotopic (exact) mass is 320 g/mol. The quantitative estimate of drug-likeness (QED) is 0.889. The molecule has 2 aromatic rings. The number of hydrogen-bond acceptors (Lipinski definition) is 2. The first kappa shape index (κ1) is 16.1. The summed E-state index contributed by atoms with van der Waals surface area (Å²) >= 11 is 5.84. The molecule has 0 aliphatic rings. The second kappa shape index (κ2) is 6.66. The number of aliphatic carboxylic acids is 1. The van der Waals surface area contributed by atoms with Crippen LogP contribution in [0.25, 0.3) is 0 Å². The van der Waals surface area contributed by atoms with Crippen LogP contribution in [0.15, 0.2) is 36.5 Å². The summed E-state index contributed by atoms with van der Waals surface area (Å²) in [6.45, 7) is 1.94. The van der Waals surface area contributed by atoms with Gasteiger partial charge in [-0.05, 0) is 18.6 Å². The van der Waals surface area contributed by atoms with Crippen LogP contribution in [0.1, 0.15) is 27.5 Å². The lowest BCUT2D eigenvalue weighted by Crippen LogP contribution is -2.32. The number of carboxylic acid groups (broad SMARTS) is 1. The Labute approximate surface area is 133 Å².